The summed E-state index contributed by atoms with van der Waals surface area (Å²) in [5, 5.41) is 16.4. The number of nitrogens with one attached hydrogen (secondary N) is 2. The predicted octanol–water partition coefficient (Wildman–Crippen LogP) is 3.71. The molecular weight excluding hydrogens is 318 g/mol. The zero-order valence-corrected chi connectivity index (χ0v) is 14.8. The van der Waals surface area contributed by atoms with Crippen LogP contribution in [0.2, 0.25) is 0 Å². The zero-order chi connectivity index (χ0) is 17.1. The maximum atomic E-state index is 12.5. The second-order valence-electron chi connectivity index (χ2n) is 6.26. The van der Waals surface area contributed by atoms with Crippen LogP contribution in [0, 0.1) is 18.3 Å². The molecule has 0 bridgehead atoms. The van der Waals surface area contributed by atoms with Crippen LogP contribution in [0.15, 0.2) is 24.3 Å². The van der Waals surface area contributed by atoms with Crippen molar-refractivity contribution < 1.29 is 4.79 Å². The fraction of sp³-hybridized carbons (Fsp3) is 0.368. The maximum absolute atomic E-state index is 12.5. The number of hydrogen-bond acceptors (Lipinski definition) is 4. The summed E-state index contributed by atoms with van der Waals surface area (Å²) >= 11 is 1.52. The minimum Gasteiger partial charge on any atom is -0.317 e. The molecule has 124 valence electrons. The standard InChI is InChI=1S/C19H21N3OS/c1-12-5-3-4-6-14(12)13(2)9-18(23)22-19-16(10-20)15-7-8-21-11-17(15)24-19/h3-6,13,21H,7-9,11H2,1-2H3,(H,22,23). The van der Waals surface area contributed by atoms with Gasteiger partial charge < -0.3 is 10.6 Å². The van der Waals surface area contributed by atoms with Crippen molar-refractivity contribution in [3.63, 3.8) is 0 Å². The van der Waals surface area contributed by atoms with E-state index in [2.05, 4.69) is 42.7 Å². The Morgan fingerprint density at radius 1 is 1.46 bits per heavy atom. The molecule has 24 heavy (non-hydrogen) atoms. The van der Waals surface area contributed by atoms with Crippen molar-refractivity contribution in [1.29, 1.82) is 5.26 Å². The topological polar surface area (TPSA) is 64.9 Å². The van der Waals surface area contributed by atoms with E-state index in [1.807, 2.05) is 12.1 Å². The number of benzene rings is 1. The second kappa shape index (κ2) is 7.16. The van der Waals surface area contributed by atoms with Gasteiger partial charge in [-0.2, -0.15) is 5.26 Å². The Labute approximate surface area is 146 Å². The molecule has 1 amide bonds. The highest BCUT2D eigenvalue weighted by Gasteiger charge is 2.22. The highest BCUT2D eigenvalue weighted by Crippen LogP contribution is 2.35. The van der Waals surface area contributed by atoms with E-state index < -0.39 is 0 Å². The molecule has 1 aliphatic heterocycles. The molecule has 3 rings (SSSR count). The van der Waals surface area contributed by atoms with Gasteiger partial charge in [-0.25, -0.2) is 0 Å². The molecule has 0 spiro atoms. The number of carbonyl (C=O) groups excluding carboxylic acids is 1. The molecule has 1 aromatic carbocycles. The summed E-state index contributed by atoms with van der Waals surface area (Å²) in [4.78, 5) is 13.6. The Kier molecular flexibility index (Phi) is 4.98. The summed E-state index contributed by atoms with van der Waals surface area (Å²) in [6.07, 6.45) is 1.26. The number of anilines is 1. The average Bonchev–Trinajstić information content (AvgIpc) is 2.91. The third-order valence-electron chi connectivity index (χ3n) is 4.50. The molecule has 1 aliphatic rings. The first-order valence-corrected chi connectivity index (χ1v) is 9.02. The lowest BCUT2D eigenvalue weighted by atomic mass is 9.93. The van der Waals surface area contributed by atoms with E-state index in [0.29, 0.717) is 17.0 Å². The van der Waals surface area contributed by atoms with Crippen molar-refractivity contribution in [3.05, 3.63) is 51.4 Å². The van der Waals surface area contributed by atoms with Gasteiger partial charge in [-0.05, 0) is 42.5 Å². The number of carbonyl (C=O) groups is 1. The molecule has 2 aromatic rings. The van der Waals surface area contributed by atoms with Gasteiger partial charge in [0.1, 0.15) is 11.1 Å². The number of fused-ring (bicyclic) bond motifs is 1. The van der Waals surface area contributed by atoms with Crippen molar-refractivity contribution in [2.75, 3.05) is 11.9 Å². The van der Waals surface area contributed by atoms with Crippen molar-refractivity contribution in [3.8, 4) is 6.07 Å². The third kappa shape index (κ3) is 3.35. The van der Waals surface area contributed by atoms with Crippen molar-refractivity contribution >= 4 is 22.2 Å². The Hall–Kier alpha value is -2.16. The minimum absolute atomic E-state index is 0.0335. The number of rotatable bonds is 4. The van der Waals surface area contributed by atoms with E-state index in [1.165, 1.54) is 27.3 Å². The summed E-state index contributed by atoms with van der Waals surface area (Å²) < 4.78 is 0. The number of nitrogens with zero attached hydrogens (tertiary/aromatic N) is 1. The van der Waals surface area contributed by atoms with Gasteiger partial charge in [-0.15, -0.1) is 11.3 Å². The maximum Gasteiger partial charge on any atom is 0.225 e. The summed E-state index contributed by atoms with van der Waals surface area (Å²) in [6, 6.07) is 10.4. The molecule has 4 nitrogen and oxygen atoms in total. The van der Waals surface area contributed by atoms with Gasteiger partial charge in [0, 0.05) is 17.8 Å². The van der Waals surface area contributed by atoms with Gasteiger partial charge in [0.15, 0.2) is 0 Å². The largest absolute Gasteiger partial charge is 0.317 e. The molecule has 0 aliphatic carbocycles. The Morgan fingerprint density at radius 2 is 2.25 bits per heavy atom. The van der Waals surface area contributed by atoms with Crippen LogP contribution in [-0.4, -0.2) is 12.5 Å². The first-order chi connectivity index (χ1) is 11.6. The smallest absolute Gasteiger partial charge is 0.225 e. The summed E-state index contributed by atoms with van der Waals surface area (Å²) in [5.74, 6) is 0.113. The third-order valence-corrected chi connectivity index (χ3v) is 5.65. The van der Waals surface area contributed by atoms with Crippen LogP contribution in [0.25, 0.3) is 0 Å². The average molecular weight is 339 g/mol. The number of amides is 1. The van der Waals surface area contributed by atoms with Crippen LogP contribution < -0.4 is 10.6 Å². The number of nitriles is 1. The Morgan fingerprint density at radius 3 is 3.00 bits per heavy atom. The van der Waals surface area contributed by atoms with Gasteiger partial charge >= 0.3 is 0 Å². The molecule has 0 fully saturated rings. The van der Waals surface area contributed by atoms with E-state index in [4.69, 9.17) is 0 Å². The molecule has 0 saturated carbocycles. The second-order valence-corrected chi connectivity index (χ2v) is 7.36. The fourth-order valence-electron chi connectivity index (χ4n) is 3.25. The SMILES string of the molecule is Cc1ccccc1C(C)CC(=O)Nc1sc2c(c1C#N)CCNC2. The number of thiophene rings is 1. The molecule has 2 heterocycles. The molecule has 5 heteroatoms. The molecule has 0 radical (unpaired) electrons. The van der Waals surface area contributed by atoms with E-state index in [1.54, 1.807) is 0 Å². The quantitative estimate of drug-likeness (QED) is 0.892. The van der Waals surface area contributed by atoms with Crippen molar-refractivity contribution in [2.45, 2.75) is 39.2 Å². The van der Waals surface area contributed by atoms with E-state index in [0.717, 1.165) is 25.1 Å². The van der Waals surface area contributed by atoms with Gasteiger partial charge in [-0.3, -0.25) is 4.79 Å². The minimum atomic E-state index is -0.0335. The molecule has 2 N–H and O–H groups in total. The van der Waals surface area contributed by atoms with E-state index in [9.17, 15) is 10.1 Å². The highest BCUT2D eigenvalue weighted by molar-refractivity contribution is 7.16. The van der Waals surface area contributed by atoms with Crippen LogP contribution >= 0.6 is 11.3 Å². The molecule has 1 atom stereocenters. The molecule has 1 aromatic heterocycles. The van der Waals surface area contributed by atoms with Crippen molar-refractivity contribution in [1.82, 2.24) is 5.32 Å². The van der Waals surface area contributed by atoms with Gasteiger partial charge in [0.25, 0.3) is 0 Å². The van der Waals surface area contributed by atoms with Crippen LogP contribution in [0.1, 0.15) is 46.4 Å². The van der Waals surface area contributed by atoms with Gasteiger partial charge in [-0.1, -0.05) is 31.2 Å². The van der Waals surface area contributed by atoms with Gasteiger partial charge in [0.05, 0.1) is 5.56 Å². The lowest BCUT2D eigenvalue weighted by Gasteiger charge is -2.14. The first-order valence-electron chi connectivity index (χ1n) is 8.21. The van der Waals surface area contributed by atoms with Crippen LogP contribution in [0.4, 0.5) is 5.00 Å². The molecule has 1 unspecified atom stereocenters. The Balaban J connectivity index is 1.73. The normalized spacial score (nSPS) is 14.5. The van der Waals surface area contributed by atoms with Crippen LogP contribution in [0.3, 0.4) is 0 Å². The monoisotopic (exact) mass is 339 g/mol. The lowest BCUT2D eigenvalue weighted by Crippen LogP contribution is -2.22. The lowest BCUT2D eigenvalue weighted by molar-refractivity contribution is -0.116. The van der Waals surface area contributed by atoms with E-state index in [-0.39, 0.29) is 11.8 Å². The van der Waals surface area contributed by atoms with E-state index >= 15 is 0 Å². The summed E-state index contributed by atoms with van der Waals surface area (Å²) in [6.45, 7) is 5.80. The summed E-state index contributed by atoms with van der Waals surface area (Å²) in [5.41, 5.74) is 4.15. The van der Waals surface area contributed by atoms with Gasteiger partial charge in [0.2, 0.25) is 5.91 Å². The van der Waals surface area contributed by atoms with Crippen LogP contribution in [-0.2, 0) is 17.8 Å². The fourth-order valence-corrected chi connectivity index (χ4v) is 4.43. The number of aryl methyl sites for hydroxylation is 1. The van der Waals surface area contributed by atoms with Crippen molar-refractivity contribution in [2.24, 2.45) is 0 Å². The summed E-state index contributed by atoms with van der Waals surface area (Å²) in [7, 11) is 0. The molecule has 0 saturated heterocycles. The highest BCUT2D eigenvalue weighted by atomic mass is 32.1. The molecular formula is C19H21N3OS. The number of hydrogen-bond donors (Lipinski definition) is 2. The zero-order valence-electron chi connectivity index (χ0n) is 14.0. The van der Waals surface area contributed by atoms with Crippen LogP contribution in [0.5, 0.6) is 0 Å². The first kappa shape index (κ1) is 16.7. The predicted molar refractivity (Wildman–Crippen MR) is 97.3 cm³/mol. The Bertz CT molecular complexity index is 803.